The number of methoxy groups -OCH3 is 1. The summed E-state index contributed by atoms with van der Waals surface area (Å²) >= 11 is 0. The number of nitrogens with one attached hydrogen (secondary N) is 1. The Labute approximate surface area is 99.5 Å². The lowest BCUT2D eigenvalue weighted by Crippen LogP contribution is -2.50. The van der Waals surface area contributed by atoms with Gasteiger partial charge in [-0.05, 0) is 38.3 Å². The van der Waals surface area contributed by atoms with Crippen molar-refractivity contribution in [2.24, 2.45) is 5.92 Å². The molecule has 0 saturated carbocycles. The molecule has 0 amide bonds. The van der Waals surface area contributed by atoms with Crippen LogP contribution in [0.4, 0.5) is 0 Å². The maximum absolute atomic E-state index is 5.56. The van der Waals surface area contributed by atoms with Gasteiger partial charge in [0.05, 0.1) is 6.10 Å². The minimum atomic E-state index is 0.442. The molecule has 16 heavy (non-hydrogen) atoms. The Balaban J connectivity index is 1.76. The van der Waals surface area contributed by atoms with Gasteiger partial charge >= 0.3 is 0 Å². The third-order valence-electron chi connectivity index (χ3n) is 4.17. The van der Waals surface area contributed by atoms with E-state index in [9.17, 15) is 0 Å². The van der Waals surface area contributed by atoms with E-state index in [1.807, 2.05) is 7.11 Å². The summed E-state index contributed by atoms with van der Waals surface area (Å²) in [5.41, 5.74) is 0. The molecule has 0 aromatic carbocycles. The Bertz CT molecular complexity index is 204. The van der Waals surface area contributed by atoms with Gasteiger partial charge in [0, 0.05) is 26.2 Å². The Kier molecular flexibility index (Phi) is 4.62. The van der Waals surface area contributed by atoms with E-state index in [-0.39, 0.29) is 0 Å². The van der Waals surface area contributed by atoms with E-state index in [2.05, 4.69) is 17.1 Å². The van der Waals surface area contributed by atoms with E-state index in [0.717, 1.165) is 18.5 Å². The molecular formula is C13H26N2O. The summed E-state index contributed by atoms with van der Waals surface area (Å²) in [5, 5.41) is 3.63. The van der Waals surface area contributed by atoms with E-state index in [4.69, 9.17) is 4.74 Å². The number of piperidine rings is 2. The smallest absolute Gasteiger partial charge is 0.0724 e. The Hall–Kier alpha value is -0.120. The van der Waals surface area contributed by atoms with E-state index in [0.29, 0.717) is 6.10 Å². The van der Waals surface area contributed by atoms with Crippen molar-refractivity contribution >= 4 is 0 Å². The predicted molar refractivity (Wildman–Crippen MR) is 66.7 cm³/mol. The molecule has 2 saturated heterocycles. The largest absolute Gasteiger partial charge is 0.380 e. The fraction of sp³-hybridized carbons (Fsp3) is 1.00. The molecular weight excluding hydrogens is 200 g/mol. The van der Waals surface area contributed by atoms with Crippen LogP contribution in [0.15, 0.2) is 0 Å². The highest BCUT2D eigenvalue weighted by molar-refractivity contribution is 4.82. The minimum absolute atomic E-state index is 0.442. The molecule has 1 N–H and O–H groups in total. The number of hydrogen-bond acceptors (Lipinski definition) is 3. The van der Waals surface area contributed by atoms with Crippen LogP contribution < -0.4 is 5.32 Å². The Morgan fingerprint density at radius 3 is 2.88 bits per heavy atom. The van der Waals surface area contributed by atoms with Gasteiger partial charge in [-0.25, -0.2) is 0 Å². The molecule has 3 unspecified atom stereocenters. The van der Waals surface area contributed by atoms with Crippen LogP contribution in [0.1, 0.15) is 32.6 Å². The SMILES string of the molecule is COC1CN(CC2CCCCN2)CCC1C. The van der Waals surface area contributed by atoms with Gasteiger partial charge in [-0.3, -0.25) is 4.90 Å². The van der Waals surface area contributed by atoms with Gasteiger partial charge in [0.25, 0.3) is 0 Å². The van der Waals surface area contributed by atoms with Gasteiger partial charge in [0.1, 0.15) is 0 Å². The Morgan fingerprint density at radius 2 is 2.19 bits per heavy atom. The van der Waals surface area contributed by atoms with Gasteiger partial charge in [-0.15, -0.1) is 0 Å². The molecule has 3 atom stereocenters. The molecule has 2 aliphatic rings. The van der Waals surface area contributed by atoms with E-state index >= 15 is 0 Å². The molecule has 94 valence electrons. The first-order chi connectivity index (χ1) is 7.79. The average molecular weight is 226 g/mol. The van der Waals surface area contributed by atoms with Crippen LogP contribution in [0.5, 0.6) is 0 Å². The maximum Gasteiger partial charge on any atom is 0.0724 e. The number of rotatable bonds is 3. The maximum atomic E-state index is 5.56. The van der Waals surface area contributed by atoms with Crippen molar-refractivity contribution in [1.29, 1.82) is 0 Å². The zero-order valence-electron chi connectivity index (χ0n) is 10.7. The zero-order valence-corrected chi connectivity index (χ0v) is 10.7. The van der Waals surface area contributed by atoms with Gasteiger partial charge in [0.2, 0.25) is 0 Å². The highest BCUT2D eigenvalue weighted by Gasteiger charge is 2.27. The third kappa shape index (κ3) is 3.19. The fourth-order valence-corrected chi connectivity index (χ4v) is 2.96. The number of nitrogens with zero attached hydrogens (tertiary/aromatic N) is 1. The summed E-state index contributed by atoms with van der Waals surface area (Å²) in [6, 6.07) is 0.722. The normalized spacial score (nSPS) is 37.5. The number of likely N-dealkylation sites (tertiary alicyclic amines) is 1. The van der Waals surface area contributed by atoms with Crippen LogP contribution in [0.2, 0.25) is 0 Å². The summed E-state index contributed by atoms with van der Waals surface area (Å²) < 4.78 is 5.56. The molecule has 2 aliphatic heterocycles. The van der Waals surface area contributed by atoms with Crippen molar-refractivity contribution in [2.75, 3.05) is 33.3 Å². The van der Waals surface area contributed by atoms with Crippen LogP contribution in [0, 0.1) is 5.92 Å². The van der Waals surface area contributed by atoms with Crippen molar-refractivity contribution in [1.82, 2.24) is 10.2 Å². The van der Waals surface area contributed by atoms with Gasteiger partial charge in [-0.1, -0.05) is 13.3 Å². The van der Waals surface area contributed by atoms with Crippen LogP contribution in [0.25, 0.3) is 0 Å². The molecule has 0 aliphatic carbocycles. The molecule has 0 aromatic heterocycles. The fourth-order valence-electron chi connectivity index (χ4n) is 2.96. The highest BCUT2D eigenvalue weighted by Crippen LogP contribution is 2.20. The second-order valence-corrected chi connectivity index (χ2v) is 5.45. The second-order valence-electron chi connectivity index (χ2n) is 5.45. The first-order valence-corrected chi connectivity index (χ1v) is 6.78. The lowest BCUT2D eigenvalue weighted by molar-refractivity contribution is -0.00813. The monoisotopic (exact) mass is 226 g/mol. The summed E-state index contributed by atoms with van der Waals surface area (Å²) in [6.07, 6.45) is 5.83. The molecule has 2 rings (SSSR count). The van der Waals surface area contributed by atoms with Gasteiger partial charge < -0.3 is 10.1 Å². The summed E-state index contributed by atoms with van der Waals surface area (Å²) in [5.74, 6) is 0.723. The average Bonchev–Trinajstić information content (AvgIpc) is 2.33. The second kappa shape index (κ2) is 5.99. The molecule has 0 spiro atoms. The van der Waals surface area contributed by atoms with Gasteiger partial charge in [0.15, 0.2) is 0 Å². The third-order valence-corrected chi connectivity index (χ3v) is 4.17. The highest BCUT2D eigenvalue weighted by atomic mass is 16.5. The summed E-state index contributed by atoms with van der Waals surface area (Å²) in [7, 11) is 1.85. The molecule has 0 aromatic rings. The van der Waals surface area contributed by atoms with E-state index in [1.54, 1.807) is 0 Å². The van der Waals surface area contributed by atoms with E-state index < -0.39 is 0 Å². The topological polar surface area (TPSA) is 24.5 Å². The summed E-state index contributed by atoms with van der Waals surface area (Å²) in [4.78, 5) is 2.58. The quantitative estimate of drug-likeness (QED) is 0.789. The first-order valence-electron chi connectivity index (χ1n) is 6.78. The predicted octanol–water partition coefficient (Wildman–Crippen LogP) is 1.49. The zero-order chi connectivity index (χ0) is 11.4. The lowest BCUT2D eigenvalue weighted by atomic mass is 9.95. The number of hydrogen-bond donors (Lipinski definition) is 1. The molecule has 2 heterocycles. The molecule has 0 bridgehead atoms. The molecule has 3 heteroatoms. The van der Waals surface area contributed by atoms with E-state index in [1.165, 1.54) is 45.3 Å². The van der Waals surface area contributed by atoms with Crippen molar-refractivity contribution in [3.8, 4) is 0 Å². The summed E-state index contributed by atoms with van der Waals surface area (Å²) in [6.45, 7) is 7.11. The van der Waals surface area contributed by atoms with Crippen molar-refractivity contribution < 1.29 is 4.74 Å². The van der Waals surface area contributed by atoms with Crippen molar-refractivity contribution in [3.05, 3.63) is 0 Å². The minimum Gasteiger partial charge on any atom is -0.380 e. The first kappa shape index (κ1) is 12.3. The molecule has 0 radical (unpaired) electrons. The standard InChI is InChI=1S/C13H26N2O/c1-11-6-8-15(10-13(11)16-2)9-12-5-3-4-7-14-12/h11-14H,3-10H2,1-2H3. The molecule has 2 fully saturated rings. The van der Waals surface area contributed by atoms with Crippen LogP contribution in [-0.4, -0.2) is 50.3 Å². The Morgan fingerprint density at radius 1 is 1.31 bits per heavy atom. The lowest BCUT2D eigenvalue weighted by Gasteiger charge is -2.38. The molecule has 3 nitrogen and oxygen atoms in total. The number of ether oxygens (including phenoxy) is 1. The van der Waals surface area contributed by atoms with Crippen LogP contribution in [0.3, 0.4) is 0 Å². The van der Waals surface area contributed by atoms with Crippen LogP contribution in [-0.2, 0) is 4.74 Å². The van der Waals surface area contributed by atoms with Crippen LogP contribution >= 0.6 is 0 Å². The van der Waals surface area contributed by atoms with Crippen molar-refractivity contribution in [2.45, 2.75) is 44.8 Å². The van der Waals surface area contributed by atoms with Crippen molar-refractivity contribution in [3.63, 3.8) is 0 Å². The van der Waals surface area contributed by atoms with Gasteiger partial charge in [-0.2, -0.15) is 0 Å².